The highest BCUT2D eigenvalue weighted by Crippen LogP contribution is 2.24. The van der Waals surface area contributed by atoms with E-state index >= 15 is 0 Å². The summed E-state index contributed by atoms with van der Waals surface area (Å²) in [6.07, 6.45) is 0. The van der Waals surface area contributed by atoms with Crippen molar-refractivity contribution in [1.29, 1.82) is 0 Å². The van der Waals surface area contributed by atoms with Crippen molar-refractivity contribution in [3.8, 4) is 5.69 Å². The lowest BCUT2D eigenvalue weighted by Crippen LogP contribution is -2.22. The van der Waals surface area contributed by atoms with Crippen molar-refractivity contribution in [2.75, 3.05) is 0 Å². The number of pyridine rings is 1. The quantitative estimate of drug-likeness (QED) is 0.384. The molecule has 1 heterocycles. The first-order valence-corrected chi connectivity index (χ1v) is 7.90. The van der Waals surface area contributed by atoms with Crippen LogP contribution in [0.2, 0.25) is 0 Å². The van der Waals surface area contributed by atoms with Crippen LogP contribution in [0, 0.1) is 7.27 Å². The van der Waals surface area contributed by atoms with Crippen LogP contribution < -0.4 is 5.56 Å². The van der Waals surface area contributed by atoms with Crippen molar-refractivity contribution in [3.63, 3.8) is 0 Å². The number of hydrogen-bond acceptors (Lipinski definition) is 1. The fourth-order valence-corrected chi connectivity index (χ4v) is 3.59. The molecule has 0 aliphatic carbocycles. The minimum absolute atomic E-state index is 0.0339. The molecule has 0 radical (unpaired) electrons. The van der Waals surface area contributed by atoms with Gasteiger partial charge in [-0.1, -0.05) is 36.4 Å². The number of halogens is 2. The van der Waals surface area contributed by atoms with E-state index in [9.17, 15) is 4.79 Å². The zero-order chi connectivity index (χ0) is 13.4. The lowest BCUT2D eigenvalue weighted by molar-refractivity contribution is 0.966. The average molecular weight is 473 g/mol. The van der Waals surface area contributed by atoms with Gasteiger partial charge in [-0.15, -0.1) is 0 Å². The fraction of sp³-hybridized carbons (Fsp3) is 0. The van der Waals surface area contributed by atoms with E-state index < -0.39 is 0 Å². The first-order chi connectivity index (χ1) is 9.20. The molecule has 0 atom stereocenters. The van der Waals surface area contributed by atoms with Crippen molar-refractivity contribution < 1.29 is 0 Å². The Balaban J connectivity index is 2.48. The minimum Gasteiger partial charge on any atom is -0.270 e. The number of para-hydroxylation sites is 1. The Morgan fingerprint density at radius 2 is 1.37 bits per heavy atom. The molecular formula is C15H9I2NO. The summed E-state index contributed by atoms with van der Waals surface area (Å²) in [4.78, 5) is 12.7. The highest BCUT2D eigenvalue weighted by molar-refractivity contribution is 14.1. The lowest BCUT2D eigenvalue weighted by Gasteiger charge is -2.12. The molecule has 0 aliphatic rings. The van der Waals surface area contributed by atoms with E-state index in [1.807, 2.05) is 54.6 Å². The van der Waals surface area contributed by atoms with Gasteiger partial charge in [0.05, 0.1) is 3.57 Å². The molecule has 0 fully saturated rings. The van der Waals surface area contributed by atoms with Gasteiger partial charge in [0.1, 0.15) is 3.70 Å². The smallest absolute Gasteiger partial charge is 0.263 e. The Labute approximate surface area is 137 Å². The van der Waals surface area contributed by atoms with Crippen molar-refractivity contribution in [1.82, 2.24) is 4.57 Å². The zero-order valence-electron chi connectivity index (χ0n) is 9.81. The molecule has 2 aromatic carbocycles. The van der Waals surface area contributed by atoms with Gasteiger partial charge < -0.3 is 0 Å². The standard InChI is InChI=1S/C15H9I2NO/c16-13-11-8-4-5-9-12(11)15(19)18(14(13)17)10-6-2-1-3-7-10/h1-9H. The van der Waals surface area contributed by atoms with Crippen LogP contribution in [0.25, 0.3) is 16.5 Å². The van der Waals surface area contributed by atoms with Gasteiger partial charge in [-0.3, -0.25) is 9.36 Å². The maximum atomic E-state index is 12.7. The summed E-state index contributed by atoms with van der Waals surface area (Å²) in [5.41, 5.74) is 0.937. The molecule has 94 valence electrons. The number of rotatable bonds is 1. The van der Waals surface area contributed by atoms with Gasteiger partial charge in [-0.05, 0) is 63.4 Å². The Morgan fingerprint density at radius 3 is 2.05 bits per heavy atom. The molecule has 2 nitrogen and oxygen atoms in total. The van der Waals surface area contributed by atoms with Gasteiger partial charge in [0, 0.05) is 16.5 Å². The Bertz CT molecular complexity index is 809. The number of fused-ring (bicyclic) bond motifs is 1. The number of aromatic nitrogens is 1. The van der Waals surface area contributed by atoms with E-state index in [1.165, 1.54) is 0 Å². The first kappa shape index (κ1) is 13.1. The normalized spacial score (nSPS) is 10.8. The van der Waals surface area contributed by atoms with Crippen molar-refractivity contribution >= 4 is 56.0 Å². The second-order valence-electron chi connectivity index (χ2n) is 4.13. The lowest BCUT2D eigenvalue weighted by atomic mass is 10.2. The summed E-state index contributed by atoms with van der Waals surface area (Å²) in [5, 5.41) is 1.78. The zero-order valence-corrected chi connectivity index (χ0v) is 14.1. The SMILES string of the molecule is O=c1c2ccccc2c(I)c(I)n1-c1ccccc1. The Kier molecular flexibility index (Phi) is 3.62. The molecule has 1 aromatic heterocycles. The highest BCUT2D eigenvalue weighted by Gasteiger charge is 2.13. The predicted molar refractivity (Wildman–Crippen MR) is 95.0 cm³/mol. The van der Waals surface area contributed by atoms with E-state index in [-0.39, 0.29) is 5.56 Å². The van der Waals surface area contributed by atoms with Crippen LogP contribution in [0.1, 0.15) is 0 Å². The van der Waals surface area contributed by atoms with E-state index in [4.69, 9.17) is 0 Å². The van der Waals surface area contributed by atoms with Gasteiger partial charge in [0.2, 0.25) is 0 Å². The van der Waals surface area contributed by atoms with Crippen LogP contribution in [-0.4, -0.2) is 4.57 Å². The maximum absolute atomic E-state index is 12.7. The average Bonchev–Trinajstić information content (AvgIpc) is 2.46. The number of hydrogen-bond donors (Lipinski definition) is 0. The third-order valence-corrected chi connectivity index (χ3v) is 6.13. The number of benzene rings is 2. The largest absolute Gasteiger partial charge is 0.270 e. The predicted octanol–water partition coefficient (Wildman–Crippen LogP) is 4.20. The third-order valence-electron chi connectivity index (χ3n) is 2.99. The molecule has 3 aromatic rings. The molecule has 19 heavy (non-hydrogen) atoms. The molecule has 0 bridgehead atoms. The molecule has 3 rings (SSSR count). The van der Waals surface area contributed by atoms with Crippen LogP contribution in [0.15, 0.2) is 59.4 Å². The van der Waals surface area contributed by atoms with E-state index in [2.05, 4.69) is 45.2 Å². The molecule has 0 saturated heterocycles. The molecule has 0 N–H and O–H groups in total. The van der Waals surface area contributed by atoms with E-state index in [1.54, 1.807) is 4.57 Å². The molecule has 0 spiro atoms. The Hall–Kier alpha value is -0.890. The van der Waals surface area contributed by atoms with Crippen LogP contribution >= 0.6 is 45.2 Å². The topological polar surface area (TPSA) is 22.0 Å². The van der Waals surface area contributed by atoms with Gasteiger partial charge >= 0.3 is 0 Å². The first-order valence-electron chi connectivity index (χ1n) is 5.74. The Morgan fingerprint density at radius 1 is 0.789 bits per heavy atom. The highest BCUT2D eigenvalue weighted by atomic mass is 127. The van der Waals surface area contributed by atoms with E-state index in [0.29, 0.717) is 0 Å². The van der Waals surface area contributed by atoms with Gasteiger partial charge in [-0.25, -0.2) is 0 Å². The summed E-state index contributed by atoms with van der Waals surface area (Å²) in [6, 6.07) is 17.5. The molecule has 0 amide bonds. The van der Waals surface area contributed by atoms with Gasteiger partial charge in [-0.2, -0.15) is 0 Å². The molecule has 0 saturated carbocycles. The van der Waals surface area contributed by atoms with Crippen LogP contribution in [-0.2, 0) is 0 Å². The molecule has 0 aliphatic heterocycles. The van der Waals surface area contributed by atoms with Crippen molar-refractivity contribution in [2.24, 2.45) is 0 Å². The summed E-state index contributed by atoms with van der Waals surface area (Å²) in [7, 11) is 0. The van der Waals surface area contributed by atoms with Crippen molar-refractivity contribution in [3.05, 3.63) is 72.2 Å². The van der Waals surface area contributed by atoms with Gasteiger partial charge in [0.15, 0.2) is 0 Å². The monoisotopic (exact) mass is 473 g/mol. The van der Waals surface area contributed by atoms with Crippen LogP contribution in [0.5, 0.6) is 0 Å². The summed E-state index contributed by atoms with van der Waals surface area (Å²) >= 11 is 4.54. The second kappa shape index (κ2) is 5.24. The summed E-state index contributed by atoms with van der Waals surface area (Å²) in [6.45, 7) is 0. The fourth-order valence-electron chi connectivity index (χ4n) is 2.09. The van der Waals surface area contributed by atoms with Crippen LogP contribution in [0.4, 0.5) is 0 Å². The van der Waals surface area contributed by atoms with Gasteiger partial charge in [0.25, 0.3) is 5.56 Å². The maximum Gasteiger partial charge on any atom is 0.263 e. The molecule has 0 unspecified atom stereocenters. The van der Waals surface area contributed by atoms with Crippen LogP contribution in [0.3, 0.4) is 0 Å². The molecular weight excluding hydrogens is 464 g/mol. The molecule has 4 heteroatoms. The summed E-state index contributed by atoms with van der Waals surface area (Å²) in [5.74, 6) is 0. The summed E-state index contributed by atoms with van der Waals surface area (Å²) < 4.78 is 3.83. The van der Waals surface area contributed by atoms with Crippen molar-refractivity contribution in [2.45, 2.75) is 0 Å². The van der Waals surface area contributed by atoms with E-state index in [0.717, 1.165) is 23.7 Å². The minimum atomic E-state index is 0.0339. The number of nitrogens with zero attached hydrogens (tertiary/aromatic N) is 1. The third kappa shape index (κ3) is 2.20. The second-order valence-corrected chi connectivity index (χ2v) is 6.23.